The van der Waals surface area contributed by atoms with E-state index < -0.39 is 27.9 Å². The number of hydrogen-bond donors (Lipinski definition) is 5. The molecular formula is C28H32N4O7S. The first-order chi connectivity index (χ1) is 18.9. The molecule has 0 aliphatic rings. The van der Waals surface area contributed by atoms with Gasteiger partial charge in [0.2, 0.25) is 5.91 Å². The molecule has 0 aliphatic heterocycles. The number of benzene rings is 3. The largest absolute Gasteiger partial charge is 0.495 e. The predicted octanol–water partition coefficient (Wildman–Crippen LogP) is 3.94. The fourth-order valence-corrected chi connectivity index (χ4v) is 4.37. The Bertz CT molecular complexity index is 1470. The number of rotatable bonds is 12. The van der Waals surface area contributed by atoms with Crippen molar-refractivity contribution in [3.8, 4) is 5.75 Å². The number of nitrogens with one attached hydrogen (secondary N) is 4. The van der Waals surface area contributed by atoms with Crippen LogP contribution in [0.2, 0.25) is 0 Å². The number of carbonyl (C=O) groups excluding carboxylic acids is 2. The average molecular weight is 569 g/mol. The highest BCUT2D eigenvalue weighted by molar-refractivity contribution is 7.90. The van der Waals surface area contributed by atoms with Crippen molar-refractivity contribution >= 4 is 44.8 Å². The molecule has 11 nitrogen and oxygen atoms in total. The first-order valence-corrected chi connectivity index (χ1v) is 14.3. The molecule has 1 atom stereocenters. The summed E-state index contributed by atoms with van der Waals surface area (Å²) in [5, 5.41) is 20.2. The van der Waals surface area contributed by atoms with Crippen LogP contribution in [-0.2, 0) is 25.8 Å². The molecule has 3 rings (SSSR count). The molecule has 0 radical (unpaired) electrons. The Kier molecular flexibility index (Phi) is 10.2. The number of urea groups is 1. The standard InChI is InChI=1S/C28H32N4O7S/c1-18-6-4-5-7-22(18)31-28(36)32-23-13-8-19(14-25(23)39-2)15-26(33)30-21-11-9-20(10-12-21)24(16-27(34)35)29-17-40(3,37)38/h4-14,24,29H,15-17H2,1-3H3,(H,30,33)(H,34,35)(H2,31,32,36). The van der Waals surface area contributed by atoms with Gasteiger partial charge in [0.05, 0.1) is 31.5 Å². The summed E-state index contributed by atoms with van der Waals surface area (Å²) in [7, 11) is -1.87. The van der Waals surface area contributed by atoms with Crippen LogP contribution in [0, 0.1) is 6.92 Å². The van der Waals surface area contributed by atoms with Crippen molar-refractivity contribution in [2.75, 3.05) is 35.2 Å². The van der Waals surface area contributed by atoms with E-state index in [1.165, 1.54) is 7.11 Å². The minimum atomic E-state index is -3.34. The first-order valence-electron chi connectivity index (χ1n) is 12.3. The Hall–Kier alpha value is -4.42. The third-order valence-corrected chi connectivity index (χ3v) is 6.53. The summed E-state index contributed by atoms with van der Waals surface area (Å²) >= 11 is 0. The number of sulfone groups is 1. The molecule has 1 unspecified atom stereocenters. The van der Waals surface area contributed by atoms with Crippen molar-refractivity contribution in [3.05, 3.63) is 83.4 Å². The monoisotopic (exact) mass is 568 g/mol. The van der Waals surface area contributed by atoms with Crippen LogP contribution in [0.3, 0.4) is 0 Å². The number of methoxy groups -OCH3 is 1. The average Bonchev–Trinajstić information content (AvgIpc) is 2.88. The highest BCUT2D eigenvalue weighted by atomic mass is 32.2. The Morgan fingerprint density at radius 2 is 1.60 bits per heavy atom. The molecule has 0 heterocycles. The number of aliphatic carboxylic acids is 1. The quantitative estimate of drug-likeness (QED) is 0.219. The molecule has 0 aliphatic carbocycles. The molecular weight excluding hydrogens is 536 g/mol. The number of amides is 3. The van der Waals surface area contributed by atoms with Gasteiger partial charge in [0.25, 0.3) is 0 Å². The maximum Gasteiger partial charge on any atom is 0.323 e. The number of carboxylic acids is 1. The summed E-state index contributed by atoms with van der Waals surface area (Å²) in [5.41, 5.74) is 3.76. The van der Waals surface area contributed by atoms with E-state index in [2.05, 4.69) is 21.3 Å². The van der Waals surface area contributed by atoms with Gasteiger partial charge in [-0.25, -0.2) is 13.2 Å². The zero-order valence-corrected chi connectivity index (χ0v) is 23.2. The molecule has 12 heteroatoms. The SMILES string of the molecule is COc1cc(CC(=O)Nc2ccc(C(CC(=O)O)NCS(C)(=O)=O)cc2)ccc1NC(=O)Nc1ccccc1C. The lowest BCUT2D eigenvalue weighted by atomic mass is 10.0. The van der Waals surface area contributed by atoms with E-state index in [-0.39, 0.29) is 24.6 Å². The van der Waals surface area contributed by atoms with Crippen LogP contribution in [-0.4, -0.2) is 50.7 Å². The molecule has 40 heavy (non-hydrogen) atoms. The second-order valence-corrected chi connectivity index (χ2v) is 11.3. The number of para-hydroxylation sites is 1. The van der Waals surface area contributed by atoms with E-state index in [0.717, 1.165) is 11.8 Å². The molecule has 0 fully saturated rings. The number of ether oxygens (including phenoxy) is 1. The Balaban J connectivity index is 1.61. The van der Waals surface area contributed by atoms with Crippen molar-refractivity contribution in [1.82, 2.24) is 5.32 Å². The lowest BCUT2D eigenvalue weighted by Crippen LogP contribution is -2.28. The summed E-state index contributed by atoms with van der Waals surface area (Å²) in [6, 6.07) is 17.8. The molecule has 3 aromatic carbocycles. The highest BCUT2D eigenvalue weighted by Crippen LogP contribution is 2.27. The van der Waals surface area contributed by atoms with E-state index in [4.69, 9.17) is 4.74 Å². The zero-order valence-electron chi connectivity index (χ0n) is 22.4. The molecule has 0 aromatic heterocycles. The molecule has 0 bridgehead atoms. The summed E-state index contributed by atoms with van der Waals surface area (Å²) in [5.74, 6) is -1.35. The minimum absolute atomic E-state index is 0.0331. The second-order valence-electron chi connectivity index (χ2n) is 9.20. The maximum atomic E-state index is 12.7. The van der Waals surface area contributed by atoms with Gasteiger partial charge in [-0.15, -0.1) is 0 Å². The lowest BCUT2D eigenvalue weighted by Gasteiger charge is -2.17. The van der Waals surface area contributed by atoms with E-state index in [1.54, 1.807) is 48.5 Å². The molecule has 5 N–H and O–H groups in total. The van der Waals surface area contributed by atoms with Crippen molar-refractivity contribution < 1.29 is 32.6 Å². The fraction of sp³-hybridized carbons (Fsp3) is 0.250. The topological polar surface area (TPSA) is 163 Å². The zero-order chi connectivity index (χ0) is 29.3. The van der Waals surface area contributed by atoms with Crippen molar-refractivity contribution in [2.45, 2.75) is 25.8 Å². The normalized spacial score (nSPS) is 11.8. The van der Waals surface area contributed by atoms with E-state index >= 15 is 0 Å². The van der Waals surface area contributed by atoms with E-state index in [0.29, 0.717) is 33.9 Å². The summed E-state index contributed by atoms with van der Waals surface area (Å²) in [6.45, 7) is 1.89. The van der Waals surface area contributed by atoms with Crippen molar-refractivity contribution in [1.29, 1.82) is 0 Å². The van der Waals surface area contributed by atoms with Gasteiger partial charge >= 0.3 is 12.0 Å². The van der Waals surface area contributed by atoms with Crippen molar-refractivity contribution in [2.24, 2.45) is 0 Å². The molecule has 3 amide bonds. The lowest BCUT2D eigenvalue weighted by molar-refractivity contribution is -0.137. The van der Waals surface area contributed by atoms with Crippen LogP contribution in [0.1, 0.15) is 29.2 Å². The summed E-state index contributed by atoms with van der Waals surface area (Å²) in [4.78, 5) is 36.4. The van der Waals surface area contributed by atoms with E-state index in [1.807, 2.05) is 25.1 Å². The van der Waals surface area contributed by atoms with E-state index in [9.17, 15) is 27.9 Å². The number of aryl methyl sites for hydroxylation is 1. The van der Waals surface area contributed by atoms with Gasteiger partial charge in [-0.3, -0.25) is 14.9 Å². The van der Waals surface area contributed by atoms with Crippen LogP contribution in [0.25, 0.3) is 0 Å². The van der Waals surface area contributed by atoms with Crippen molar-refractivity contribution in [3.63, 3.8) is 0 Å². The molecule has 0 saturated heterocycles. The van der Waals surface area contributed by atoms with Crippen LogP contribution >= 0.6 is 0 Å². The smallest absolute Gasteiger partial charge is 0.323 e. The van der Waals surface area contributed by atoms with Gasteiger partial charge in [0.15, 0.2) is 9.84 Å². The van der Waals surface area contributed by atoms with Gasteiger partial charge in [-0.05, 0) is 53.9 Å². The summed E-state index contributed by atoms with van der Waals surface area (Å²) in [6.07, 6.45) is 0.784. The predicted molar refractivity (Wildman–Crippen MR) is 153 cm³/mol. The van der Waals surface area contributed by atoms with Crippen LogP contribution < -0.4 is 26.0 Å². The third-order valence-electron chi connectivity index (χ3n) is 5.84. The number of carbonyl (C=O) groups is 3. The molecule has 3 aromatic rings. The number of hydrogen-bond acceptors (Lipinski definition) is 7. The number of anilines is 3. The third kappa shape index (κ3) is 9.40. The highest BCUT2D eigenvalue weighted by Gasteiger charge is 2.17. The molecule has 0 spiro atoms. The van der Waals surface area contributed by atoms with Gasteiger partial charge in [-0.2, -0.15) is 0 Å². The number of carboxylic acid groups (broad SMARTS) is 1. The van der Waals surface area contributed by atoms with Gasteiger partial charge in [-0.1, -0.05) is 36.4 Å². The Labute approximate surface area is 232 Å². The fourth-order valence-electron chi connectivity index (χ4n) is 3.86. The van der Waals surface area contributed by atoms with Crippen LogP contribution in [0.4, 0.5) is 21.9 Å². The summed E-state index contributed by atoms with van der Waals surface area (Å²) < 4.78 is 28.4. The second kappa shape index (κ2) is 13.6. The van der Waals surface area contributed by atoms with Crippen LogP contribution in [0.5, 0.6) is 5.75 Å². The van der Waals surface area contributed by atoms with Gasteiger partial charge in [0.1, 0.15) is 5.75 Å². The van der Waals surface area contributed by atoms with Gasteiger partial charge in [0, 0.05) is 23.7 Å². The van der Waals surface area contributed by atoms with Gasteiger partial charge < -0.3 is 25.8 Å². The maximum absolute atomic E-state index is 12.7. The minimum Gasteiger partial charge on any atom is -0.495 e. The first kappa shape index (κ1) is 30.1. The molecule has 212 valence electrons. The Morgan fingerprint density at radius 1 is 0.925 bits per heavy atom. The van der Waals surface area contributed by atoms with Crippen LogP contribution in [0.15, 0.2) is 66.7 Å². The Morgan fingerprint density at radius 3 is 2.23 bits per heavy atom. The molecule has 0 saturated carbocycles.